The molecule has 0 atom stereocenters. The predicted octanol–water partition coefficient (Wildman–Crippen LogP) is 1.39. The van der Waals surface area contributed by atoms with Gasteiger partial charge in [0.1, 0.15) is 0 Å². The van der Waals surface area contributed by atoms with E-state index in [4.69, 9.17) is 4.84 Å². The number of likely N-dealkylation sites (N-methyl/N-ethyl adjacent to an activating group) is 1. The van der Waals surface area contributed by atoms with Crippen molar-refractivity contribution in [2.75, 3.05) is 33.0 Å². The van der Waals surface area contributed by atoms with Crippen LogP contribution in [-0.4, -0.2) is 56.7 Å². The summed E-state index contributed by atoms with van der Waals surface area (Å²) in [7, 11) is -0.191. The van der Waals surface area contributed by atoms with E-state index in [0.29, 0.717) is 25.9 Å². The molecule has 7 heteroatoms. The second-order valence-corrected chi connectivity index (χ2v) is 7.99. The van der Waals surface area contributed by atoms with Crippen molar-refractivity contribution in [3.8, 4) is 0 Å². The van der Waals surface area contributed by atoms with Crippen molar-refractivity contribution in [2.45, 2.75) is 25.2 Å². The van der Waals surface area contributed by atoms with Crippen LogP contribution in [0.4, 0.5) is 0 Å². The normalized spacial score (nSPS) is 18.6. The lowest BCUT2D eigenvalue weighted by molar-refractivity contribution is -0.177. The van der Waals surface area contributed by atoms with Gasteiger partial charge in [0.15, 0.2) is 0 Å². The summed E-state index contributed by atoms with van der Waals surface area (Å²) >= 11 is 0. The lowest BCUT2D eigenvalue weighted by Crippen LogP contribution is -2.53. The summed E-state index contributed by atoms with van der Waals surface area (Å²) in [5, 5.41) is 1.23. The quantitative estimate of drug-likeness (QED) is 0.760. The molecule has 0 unspecified atom stereocenters. The summed E-state index contributed by atoms with van der Waals surface area (Å²) in [5.41, 5.74) is 0.161. The third kappa shape index (κ3) is 3.41. The number of nitrogens with zero attached hydrogens (tertiary/aromatic N) is 2. The van der Waals surface area contributed by atoms with Crippen LogP contribution in [0, 0.1) is 0 Å². The molecule has 128 valence electrons. The van der Waals surface area contributed by atoms with E-state index >= 15 is 0 Å². The second kappa shape index (κ2) is 6.98. The van der Waals surface area contributed by atoms with Gasteiger partial charge in [-0.3, -0.25) is 9.63 Å². The average Bonchev–Trinajstić information content (AvgIpc) is 2.61. The topological polar surface area (TPSA) is 66.9 Å². The maximum atomic E-state index is 12.9. The first-order chi connectivity index (χ1) is 10.9. The molecule has 0 aliphatic carbocycles. The molecule has 1 aliphatic rings. The predicted molar refractivity (Wildman–Crippen MR) is 88.2 cm³/mol. The van der Waals surface area contributed by atoms with Crippen molar-refractivity contribution in [1.82, 2.24) is 9.37 Å². The standard InChI is InChI=1S/C16H24N2O4S/c1-4-23(20,21)18-12-10-16(11-13-18,15(19)17(2)22-3)14-8-6-5-7-9-14/h5-9H,4,10-13H2,1-3H3. The largest absolute Gasteiger partial charge is 0.275 e. The minimum atomic E-state index is -3.23. The number of hydrogen-bond donors (Lipinski definition) is 0. The SMILES string of the molecule is CCS(=O)(=O)N1CCC(C(=O)N(C)OC)(c2ccccc2)CC1. The molecule has 0 aromatic heterocycles. The molecule has 0 bridgehead atoms. The molecule has 0 radical (unpaired) electrons. The number of sulfonamides is 1. The van der Waals surface area contributed by atoms with E-state index in [9.17, 15) is 13.2 Å². The molecule has 23 heavy (non-hydrogen) atoms. The van der Waals surface area contributed by atoms with E-state index in [1.54, 1.807) is 14.0 Å². The van der Waals surface area contributed by atoms with Gasteiger partial charge in [0.05, 0.1) is 18.3 Å². The van der Waals surface area contributed by atoms with Crippen LogP contribution < -0.4 is 0 Å². The highest BCUT2D eigenvalue weighted by Crippen LogP contribution is 2.38. The van der Waals surface area contributed by atoms with Gasteiger partial charge in [0.2, 0.25) is 10.0 Å². The highest BCUT2D eigenvalue weighted by Gasteiger charge is 2.46. The molecule has 0 N–H and O–H groups in total. The van der Waals surface area contributed by atoms with Crippen molar-refractivity contribution < 1.29 is 18.0 Å². The van der Waals surface area contributed by atoms with E-state index in [0.717, 1.165) is 5.56 Å². The smallest absolute Gasteiger partial charge is 0.256 e. The van der Waals surface area contributed by atoms with Crippen LogP contribution in [-0.2, 0) is 25.1 Å². The van der Waals surface area contributed by atoms with Crippen LogP contribution >= 0.6 is 0 Å². The fourth-order valence-electron chi connectivity index (χ4n) is 3.10. The Morgan fingerprint density at radius 3 is 2.30 bits per heavy atom. The zero-order chi connectivity index (χ0) is 17.1. The van der Waals surface area contributed by atoms with Gasteiger partial charge in [-0.15, -0.1) is 0 Å². The molecule has 1 saturated heterocycles. The number of hydrogen-bond acceptors (Lipinski definition) is 4. The minimum Gasteiger partial charge on any atom is -0.275 e. The van der Waals surface area contributed by atoms with Gasteiger partial charge in [-0.25, -0.2) is 17.8 Å². The third-order valence-corrected chi connectivity index (χ3v) is 6.51. The van der Waals surface area contributed by atoms with Crippen LogP contribution in [0.1, 0.15) is 25.3 Å². The number of benzene rings is 1. The van der Waals surface area contributed by atoms with Crippen molar-refractivity contribution in [3.05, 3.63) is 35.9 Å². The molecular weight excluding hydrogens is 316 g/mol. The van der Waals surface area contributed by atoms with Crippen molar-refractivity contribution in [1.29, 1.82) is 0 Å². The Morgan fingerprint density at radius 1 is 1.26 bits per heavy atom. The second-order valence-electron chi connectivity index (χ2n) is 5.73. The summed E-state index contributed by atoms with van der Waals surface area (Å²) in [6.07, 6.45) is 0.894. The number of piperidine rings is 1. The van der Waals surface area contributed by atoms with Crippen molar-refractivity contribution in [3.63, 3.8) is 0 Å². The lowest BCUT2D eigenvalue weighted by atomic mass is 9.72. The Bertz CT molecular complexity index is 637. The van der Waals surface area contributed by atoms with E-state index in [1.807, 2.05) is 30.3 Å². The van der Waals surface area contributed by atoms with Gasteiger partial charge in [-0.1, -0.05) is 30.3 Å². The molecule has 0 saturated carbocycles. The van der Waals surface area contributed by atoms with Crippen LogP contribution in [0.5, 0.6) is 0 Å². The van der Waals surface area contributed by atoms with E-state index in [2.05, 4.69) is 0 Å². The van der Waals surface area contributed by atoms with Gasteiger partial charge < -0.3 is 0 Å². The monoisotopic (exact) mass is 340 g/mol. The summed E-state index contributed by atoms with van der Waals surface area (Å²) in [4.78, 5) is 18.0. The van der Waals surface area contributed by atoms with E-state index in [-0.39, 0.29) is 11.7 Å². The van der Waals surface area contributed by atoms with Crippen LogP contribution in [0.15, 0.2) is 30.3 Å². The van der Waals surface area contributed by atoms with E-state index in [1.165, 1.54) is 16.5 Å². The Kier molecular flexibility index (Phi) is 5.44. The maximum absolute atomic E-state index is 12.9. The molecule has 2 rings (SSSR count). The van der Waals surface area contributed by atoms with Crippen molar-refractivity contribution >= 4 is 15.9 Å². The summed E-state index contributed by atoms with van der Waals surface area (Å²) in [5.74, 6) is -0.0585. The Morgan fingerprint density at radius 2 is 1.83 bits per heavy atom. The maximum Gasteiger partial charge on any atom is 0.256 e. The Hall–Kier alpha value is -1.44. The molecule has 1 aromatic carbocycles. The minimum absolute atomic E-state index is 0.0806. The van der Waals surface area contributed by atoms with Gasteiger partial charge in [-0.2, -0.15) is 0 Å². The molecular formula is C16H24N2O4S. The van der Waals surface area contributed by atoms with E-state index < -0.39 is 15.4 Å². The van der Waals surface area contributed by atoms with Crippen LogP contribution in [0.2, 0.25) is 0 Å². The molecule has 1 aromatic rings. The van der Waals surface area contributed by atoms with Gasteiger partial charge in [-0.05, 0) is 25.3 Å². The van der Waals surface area contributed by atoms with Crippen molar-refractivity contribution in [2.24, 2.45) is 0 Å². The number of carbonyl (C=O) groups is 1. The number of rotatable bonds is 5. The Labute approximate surface area is 138 Å². The summed E-state index contributed by atoms with van der Waals surface area (Å²) in [6.45, 7) is 2.32. The molecule has 1 aliphatic heterocycles. The first-order valence-electron chi connectivity index (χ1n) is 7.73. The molecule has 1 heterocycles. The third-order valence-electron chi connectivity index (χ3n) is 4.63. The zero-order valence-corrected chi connectivity index (χ0v) is 14.7. The molecule has 0 spiro atoms. The first kappa shape index (κ1) is 17.9. The number of amides is 1. The Balaban J connectivity index is 2.34. The number of carbonyl (C=O) groups excluding carboxylic acids is 1. The van der Waals surface area contributed by atoms with Crippen LogP contribution in [0.3, 0.4) is 0 Å². The van der Waals surface area contributed by atoms with Gasteiger partial charge in [0.25, 0.3) is 5.91 Å². The van der Waals surface area contributed by atoms with Crippen LogP contribution in [0.25, 0.3) is 0 Å². The highest BCUT2D eigenvalue weighted by molar-refractivity contribution is 7.89. The molecule has 1 fully saturated rings. The van der Waals surface area contributed by atoms with Gasteiger partial charge >= 0.3 is 0 Å². The fraction of sp³-hybridized carbons (Fsp3) is 0.562. The first-order valence-corrected chi connectivity index (χ1v) is 9.34. The summed E-state index contributed by atoms with van der Waals surface area (Å²) in [6, 6.07) is 9.54. The molecule has 6 nitrogen and oxygen atoms in total. The molecule has 1 amide bonds. The summed E-state index contributed by atoms with van der Waals surface area (Å²) < 4.78 is 25.6. The van der Waals surface area contributed by atoms with Gasteiger partial charge in [0, 0.05) is 20.1 Å². The fourth-order valence-corrected chi connectivity index (χ4v) is 4.20. The lowest BCUT2D eigenvalue weighted by Gasteiger charge is -2.41. The highest BCUT2D eigenvalue weighted by atomic mass is 32.2. The zero-order valence-electron chi connectivity index (χ0n) is 13.9. The average molecular weight is 340 g/mol. The number of hydroxylamine groups is 2.